The minimum absolute atomic E-state index is 0.199. The molecule has 6 nitrogen and oxygen atoms in total. The van der Waals surface area contributed by atoms with E-state index >= 15 is 0 Å². The lowest BCUT2D eigenvalue weighted by Gasteiger charge is -2.23. The first-order chi connectivity index (χ1) is 13.6. The van der Waals surface area contributed by atoms with Crippen molar-refractivity contribution in [3.8, 4) is 17.2 Å². The average molecular weight is 380 g/mol. The zero-order valence-electron chi connectivity index (χ0n) is 16.2. The summed E-state index contributed by atoms with van der Waals surface area (Å²) in [5.41, 5.74) is 2.64. The van der Waals surface area contributed by atoms with Crippen LogP contribution in [0.15, 0.2) is 65.3 Å². The van der Waals surface area contributed by atoms with Gasteiger partial charge in [0.15, 0.2) is 0 Å². The quantitative estimate of drug-likeness (QED) is 0.596. The molecule has 0 unspecified atom stereocenters. The Bertz CT molecular complexity index is 890. The standard InChI is InChI=1S/C22H24N2O4/c1-15(22(25)27-3)20(16-7-5-4-6-8-16)23-13-18-14-28-21(24-18)17-9-11-19(26-2)12-10-17/h4-12,14-15,20,23H,13H2,1-3H3/t15-,20+/m1/s1. The first-order valence-electron chi connectivity index (χ1n) is 9.07. The molecular weight excluding hydrogens is 356 g/mol. The zero-order chi connectivity index (χ0) is 19.9. The summed E-state index contributed by atoms with van der Waals surface area (Å²) in [6, 6.07) is 17.1. The van der Waals surface area contributed by atoms with Crippen molar-refractivity contribution >= 4 is 5.97 Å². The summed E-state index contributed by atoms with van der Waals surface area (Å²) in [5, 5.41) is 3.41. The molecule has 146 valence electrons. The van der Waals surface area contributed by atoms with Crippen molar-refractivity contribution in [1.29, 1.82) is 0 Å². The smallest absolute Gasteiger partial charge is 0.310 e. The Morgan fingerprint density at radius 3 is 2.46 bits per heavy atom. The fourth-order valence-corrected chi connectivity index (χ4v) is 3.03. The molecule has 0 aliphatic heterocycles. The van der Waals surface area contributed by atoms with Crippen molar-refractivity contribution < 1.29 is 18.7 Å². The van der Waals surface area contributed by atoms with Crippen LogP contribution in [0.3, 0.4) is 0 Å². The SMILES string of the molecule is COC(=O)[C@H](C)[C@H](NCc1coc(-c2ccc(OC)cc2)n1)c1ccccc1. The Morgan fingerprint density at radius 1 is 1.11 bits per heavy atom. The molecule has 1 N–H and O–H groups in total. The van der Waals surface area contributed by atoms with E-state index in [2.05, 4.69) is 10.3 Å². The van der Waals surface area contributed by atoms with Crippen LogP contribution in [0.4, 0.5) is 0 Å². The van der Waals surface area contributed by atoms with E-state index in [0.29, 0.717) is 12.4 Å². The van der Waals surface area contributed by atoms with Crippen LogP contribution < -0.4 is 10.1 Å². The van der Waals surface area contributed by atoms with Crippen LogP contribution in [-0.2, 0) is 16.1 Å². The summed E-state index contributed by atoms with van der Waals surface area (Å²) in [6.07, 6.45) is 1.62. The predicted molar refractivity (Wildman–Crippen MR) is 106 cm³/mol. The highest BCUT2D eigenvalue weighted by atomic mass is 16.5. The second kappa shape index (κ2) is 9.19. The molecule has 2 atom stereocenters. The number of carbonyl (C=O) groups is 1. The molecule has 0 amide bonds. The van der Waals surface area contributed by atoms with Crippen molar-refractivity contribution in [3.05, 3.63) is 72.1 Å². The molecule has 0 spiro atoms. The fourth-order valence-electron chi connectivity index (χ4n) is 3.03. The van der Waals surface area contributed by atoms with Gasteiger partial charge in [0.25, 0.3) is 0 Å². The molecule has 0 radical (unpaired) electrons. The lowest BCUT2D eigenvalue weighted by atomic mass is 9.94. The highest BCUT2D eigenvalue weighted by Gasteiger charge is 2.26. The van der Waals surface area contributed by atoms with Gasteiger partial charge in [-0.1, -0.05) is 37.3 Å². The molecule has 1 aromatic heterocycles. The zero-order valence-corrected chi connectivity index (χ0v) is 16.2. The van der Waals surface area contributed by atoms with Gasteiger partial charge in [-0.2, -0.15) is 0 Å². The van der Waals surface area contributed by atoms with Crippen LogP contribution in [0.2, 0.25) is 0 Å². The molecular formula is C22H24N2O4. The Balaban J connectivity index is 1.72. The highest BCUT2D eigenvalue weighted by molar-refractivity contribution is 5.73. The summed E-state index contributed by atoms with van der Waals surface area (Å²) in [4.78, 5) is 16.6. The number of aromatic nitrogens is 1. The molecule has 3 aromatic rings. The number of carbonyl (C=O) groups excluding carboxylic acids is 1. The third kappa shape index (κ3) is 4.58. The molecule has 0 aliphatic carbocycles. The van der Waals surface area contributed by atoms with Gasteiger partial charge in [-0.3, -0.25) is 4.79 Å². The van der Waals surface area contributed by atoms with Crippen LogP contribution in [-0.4, -0.2) is 25.2 Å². The number of ether oxygens (including phenoxy) is 2. The van der Waals surface area contributed by atoms with E-state index in [1.807, 2.05) is 61.5 Å². The first kappa shape index (κ1) is 19.6. The third-order valence-electron chi connectivity index (χ3n) is 4.62. The summed E-state index contributed by atoms with van der Waals surface area (Å²) < 4.78 is 15.7. The van der Waals surface area contributed by atoms with Crippen molar-refractivity contribution in [2.24, 2.45) is 5.92 Å². The number of nitrogens with zero attached hydrogens (tertiary/aromatic N) is 1. The number of nitrogens with one attached hydrogen (secondary N) is 1. The van der Waals surface area contributed by atoms with Gasteiger partial charge in [-0.15, -0.1) is 0 Å². The van der Waals surface area contributed by atoms with Gasteiger partial charge in [0, 0.05) is 18.2 Å². The van der Waals surface area contributed by atoms with Gasteiger partial charge in [-0.25, -0.2) is 4.98 Å². The normalized spacial score (nSPS) is 13.0. The van der Waals surface area contributed by atoms with Gasteiger partial charge in [0.1, 0.15) is 12.0 Å². The maximum atomic E-state index is 12.1. The van der Waals surface area contributed by atoms with E-state index in [1.54, 1.807) is 13.4 Å². The van der Waals surface area contributed by atoms with Crippen molar-refractivity contribution in [1.82, 2.24) is 10.3 Å². The predicted octanol–water partition coefficient (Wildman–Crippen LogP) is 3.99. The van der Waals surface area contributed by atoms with Crippen LogP contribution in [0.5, 0.6) is 5.75 Å². The van der Waals surface area contributed by atoms with E-state index in [0.717, 1.165) is 22.6 Å². The lowest BCUT2D eigenvalue weighted by Crippen LogP contribution is -2.31. The molecule has 28 heavy (non-hydrogen) atoms. The van der Waals surface area contributed by atoms with E-state index in [9.17, 15) is 4.79 Å². The van der Waals surface area contributed by atoms with Gasteiger partial charge in [-0.05, 0) is 29.8 Å². The van der Waals surface area contributed by atoms with E-state index in [4.69, 9.17) is 13.9 Å². The Labute approximate surface area is 164 Å². The van der Waals surface area contributed by atoms with Gasteiger partial charge in [0.05, 0.1) is 25.8 Å². The van der Waals surface area contributed by atoms with Crippen molar-refractivity contribution in [3.63, 3.8) is 0 Å². The van der Waals surface area contributed by atoms with Gasteiger partial charge < -0.3 is 19.2 Å². The van der Waals surface area contributed by atoms with Gasteiger partial charge >= 0.3 is 5.97 Å². The Kier molecular flexibility index (Phi) is 6.45. The highest BCUT2D eigenvalue weighted by Crippen LogP contribution is 2.25. The number of oxazole rings is 1. The molecule has 0 saturated carbocycles. The first-order valence-corrected chi connectivity index (χ1v) is 9.07. The largest absolute Gasteiger partial charge is 0.497 e. The Hall–Kier alpha value is -3.12. The minimum atomic E-state index is -0.347. The van der Waals surface area contributed by atoms with Gasteiger partial charge in [0.2, 0.25) is 5.89 Å². The summed E-state index contributed by atoms with van der Waals surface area (Å²) in [7, 11) is 3.03. The topological polar surface area (TPSA) is 73.6 Å². The van der Waals surface area contributed by atoms with Crippen molar-refractivity contribution in [2.45, 2.75) is 19.5 Å². The lowest BCUT2D eigenvalue weighted by molar-refractivity contribution is -0.146. The fraction of sp³-hybridized carbons (Fsp3) is 0.273. The number of methoxy groups -OCH3 is 2. The summed E-state index contributed by atoms with van der Waals surface area (Å²) in [6.45, 7) is 2.31. The minimum Gasteiger partial charge on any atom is -0.497 e. The molecule has 1 heterocycles. The number of hydrogen-bond acceptors (Lipinski definition) is 6. The monoisotopic (exact) mass is 380 g/mol. The van der Waals surface area contributed by atoms with E-state index in [1.165, 1.54) is 7.11 Å². The summed E-state index contributed by atoms with van der Waals surface area (Å²) >= 11 is 0. The second-order valence-electron chi connectivity index (χ2n) is 6.45. The molecule has 6 heteroatoms. The summed E-state index contributed by atoms with van der Waals surface area (Å²) in [5.74, 6) is 0.706. The molecule has 0 saturated heterocycles. The molecule has 0 aliphatic rings. The van der Waals surface area contributed by atoms with Crippen molar-refractivity contribution in [2.75, 3.05) is 14.2 Å². The third-order valence-corrected chi connectivity index (χ3v) is 4.62. The number of rotatable bonds is 8. The molecule has 3 rings (SSSR count). The maximum absolute atomic E-state index is 12.1. The van der Waals surface area contributed by atoms with Crippen LogP contribution in [0, 0.1) is 5.92 Å². The van der Waals surface area contributed by atoms with Crippen LogP contribution in [0.1, 0.15) is 24.2 Å². The molecule has 0 fully saturated rings. The average Bonchev–Trinajstić information content (AvgIpc) is 3.23. The molecule has 0 bridgehead atoms. The van der Waals surface area contributed by atoms with Crippen LogP contribution >= 0.6 is 0 Å². The van der Waals surface area contributed by atoms with Crippen LogP contribution in [0.25, 0.3) is 11.5 Å². The number of esters is 1. The van der Waals surface area contributed by atoms with E-state index in [-0.39, 0.29) is 17.9 Å². The maximum Gasteiger partial charge on any atom is 0.310 e. The number of benzene rings is 2. The molecule has 2 aromatic carbocycles. The number of hydrogen-bond donors (Lipinski definition) is 1. The van der Waals surface area contributed by atoms with E-state index < -0.39 is 0 Å². The second-order valence-corrected chi connectivity index (χ2v) is 6.45. The Morgan fingerprint density at radius 2 is 1.82 bits per heavy atom.